The Labute approximate surface area is 207 Å². The SMILES string of the molecule is CC[C@H](/C=C(/C)[C@@H]1CC(=O)C[C@H](O)C(C)(C)c2cccc(c2)C[C@@H](O)[C@H](OCOC)C(=O)O1)CO. The Hall–Kier alpha value is -2.10. The van der Waals surface area contributed by atoms with Crippen molar-refractivity contribution in [3.8, 4) is 0 Å². The van der Waals surface area contributed by atoms with Gasteiger partial charge in [-0.25, -0.2) is 4.79 Å². The number of esters is 1. The molecule has 0 aliphatic carbocycles. The average Bonchev–Trinajstić information content (AvgIpc) is 2.81. The van der Waals surface area contributed by atoms with Crippen molar-refractivity contribution < 1.29 is 39.1 Å². The van der Waals surface area contributed by atoms with Crippen LogP contribution >= 0.6 is 0 Å². The fourth-order valence-electron chi connectivity index (χ4n) is 4.16. The third kappa shape index (κ3) is 7.95. The summed E-state index contributed by atoms with van der Waals surface area (Å²) in [5.74, 6) is -1.24. The van der Waals surface area contributed by atoms with Crippen molar-refractivity contribution in [3.05, 3.63) is 47.0 Å². The van der Waals surface area contributed by atoms with E-state index in [9.17, 15) is 24.9 Å². The summed E-state index contributed by atoms with van der Waals surface area (Å²) in [4.78, 5) is 26.1. The lowest BCUT2D eigenvalue weighted by Gasteiger charge is -2.32. The second-order valence-corrected chi connectivity index (χ2v) is 9.84. The molecule has 8 heteroatoms. The van der Waals surface area contributed by atoms with Crippen LogP contribution in [-0.4, -0.2) is 72.0 Å². The van der Waals surface area contributed by atoms with Gasteiger partial charge in [0.2, 0.25) is 0 Å². The molecule has 35 heavy (non-hydrogen) atoms. The summed E-state index contributed by atoms with van der Waals surface area (Å²) in [6.07, 6.45) is -2.12. The first kappa shape index (κ1) is 29.1. The van der Waals surface area contributed by atoms with Gasteiger partial charge in [-0.2, -0.15) is 0 Å². The van der Waals surface area contributed by atoms with Crippen molar-refractivity contribution in [2.75, 3.05) is 20.5 Å². The number of aliphatic hydroxyl groups excluding tert-OH is 3. The Bertz CT molecular complexity index is 874. The Morgan fingerprint density at radius 3 is 2.57 bits per heavy atom. The molecule has 2 rings (SSSR count). The van der Waals surface area contributed by atoms with E-state index in [1.54, 1.807) is 13.0 Å². The summed E-state index contributed by atoms with van der Waals surface area (Å²) in [6.45, 7) is 7.09. The van der Waals surface area contributed by atoms with E-state index in [-0.39, 0.29) is 44.4 Å². The van der Waals surface area contributed by atoms with Gasteiger partial charge in [-0.15, -0.1) is 0 Å². The van der Waals surface area contributed by atoms with E-state index in [2.05, 4.69) is 0 Å². The highest BCUT2D eigenvalue weighted by atomic mass is 16.7. The molecule has 196 valence electrons. The van der Waals surface area contributed by atoms with Crippen molar-refractivity contribution in [3.63, 3.8) is 0 Å². The number of methoxy groups -OCH3 is 1. The van der Waals surface area contributed by atoms with E-state index in [0.717, 1.165) is 11.1 Å². The molecule has 0 saturated heterocycles. The summed E-state index contributed by atoms with van der Waals surface area (Å²) >= 11 is 0. The molecule has 0 spiro atoms. The van der Waals surface area contributed by atoms with Gasteiger partial charge in [0.15, 0.2) is 6.10 Å². The smallest absolute Gasteiger partial charge is 0.338 e. The molecule has 3 N–H and O–H groups in total. The number of carbonyl (C=O) groups is 2. The van der Waals surface area contributed by atoms with Crippen LogP contribution in [0.3, 0.4) is 0 Å². The Morgan fingerprint density at radius 1 is 1.23 bits per heavy atom. The molecule has 1 aliphatic heterocycles. The van der Waals surface area contributed by atoms with Gasteiger partial charge in [0.05, 0.1) is 12.2 Å². The Morgan fingerprint density at radius 2 is 1.94 bits per heavy atom. The minimum absolute atomic E-state index is 0.0780. The van der Waals surface area contributed by atoms with Crippen LogP contribution in [0.4, 0.5) is 0 Å². The van der Waals surface area contributed by atoms with Gasteiger partial charge in [-0.05, 0) is 30.0 Å². The van der Waals surface area contributed by atoms with E-state index < -0.39 is 35.8 Å². The fourth-order valence-corrected chi connectivity index (χ4v) is 4.16. The molecule has 1 aliphatic rings. The molecule has 0 fully saturated rings. The quantitative estimate of drug-likeness (QED) is 0.301. The summed E-state index contributed by atoms with van der Waals surface area (Å²) in [5.41, 5.74) is 1.45. The average molecular weight is 493 g/mol. The lowest BCUT2D eigenvalue weighted by molar-refractivity contribution is -0.180. The first-order valence-electron chi connectivity index (χ1n) is 12.1. The Kier molecular flexibility index (Phi) is 11.0. The first-order chi connectivity index (χ1) is 16.5. The lowest BCUT2D eigenvalue weighted by Crippen LogP contribution is -2.42. The molecule has 1 aromatic rings. The minimum atomic E-state index is -1.33. The maximum absolute atomic E-state index is 13.1. The third-order valence-electron chi connectivity index (χ3n) is 6.75. The molecule has 0 unspecified atom stereocenters. The molecule has 1 aromatic carbocycles. The topological polar surface area (TPSA) is 123 Å². The van der Waals surface area contributed by atoms with Crippen molar-refractivity contribution in [2.24, 2.45) is 5.92 Å². The van der Waals surface area contributed by atoms with Gasteiger partial charge in [0.1, 0.15) is 18.7 Å². The molecule has 0 aromatic heterocycles. The molecule has 2 bridgehead atoms. The number of carbonyl (C=O) groups excluding carboxylic acids is 2. The molecule has 0 radical (unpaired) electrons. The van der Waals surface area contributed by atoms with Gasteiger partial charge in [0.25, 0.3) is 0 Å². The number of rotatable bonds is 7. The number of ether oxygens (including phenoxy) is 3. The molecule has 0 saturated carbocycles. The predicted octanol–water partition coefficient (Wildman–Crippen LogP) is 2.46. The van der Waals surface area contributed by atoms with Crippen LogP contribution in [0.5, 0.6) is 0 Å². The number of hydrogen-bond donors (Lipinski definition) is 3. The van der Waals surface area contributed by atoms with Crippen LogP contribution in [0.1, 0.15) is 58.1 Å². The zero-order valence-electron chi connectivity index (χ0n) is 21.4. The monoisotopic (exact) mass is 492 g/mol. The number of benzene rings is 1. The predicted molar refractivity (Wildman–Crippen MR) is 131 cm³/mol. The van der Waals surface area contributed by atoms with Crippen molar-refractivity contribution in [1.82, 2.24) is 0 Å². The number of cyclic esters (lactones) is 1. The van der Waals surface area contributed by atoms with E-state index in [0.29, 0.717) is 12.0 Å². The summed E-state index contributed by atoms with van der Waals surface area (Å²) in [5, 5.41) is 31.5. The van der Waals surface area contributed by atoms with Gasteiger partial charge in [-0.1, -0.05) is 51.1 Å². The number of hydrogen-bond acceptors (Lipinski definition) is 8. The highest BCUT2D eigenvalue weighted by Crippen LogP contribution is 2.31. The van der Waals surface area contributed by atoms with Crippen LogP contribution in [-0.2, 0) is 35.6 Å². The molecule has 0 amide bonds. The normalized spacial score (nSPS) is 27.1. The molecular weight excluding hydrogens is 452 g/mol. The molecule has 5 atom stereocenters. The van der Waals surface area contributed by atoms with Crippen LogP contribution in [0.25, 0.3) is 0 Å². The van der Waals surface area contributed by atoms with Crippen molar-refractivity contribution in [2.45, 2.75) is 83.2 Å². The Balaban J connectivity index is 2.50. The molecular formula is C27H40O8. The van der Waals surface area contributed by atoms with Gasteiger partial charge in [-0.3, -0.25) is 4.79 Å². The highest BCUT2D eigenvalue weighted by molar-refractivity contribution is 5.81. The fraction of sp³-hybridized carbons (Fsp3) is 0.630. The first-order valence-corrected chi connectivity index (χ1v) is 12.1. The van der Waals surface area contributed by atoms with E-state index in [4.69, 9.17) is 14.2 Å². The van der Waals surface area contributed by atoms with E-state index in [1.807, 2.05) is 45.0 Å². The second-order valence-electron chi connectivity index (χ2n) is 9.84. The number of ketones is 1. The van der Waals surface area contributed by atoms with Crippen molar-refractivity contribution in [1.29, 1.82) is 0 Å². The standard InChI is InChI=1S/C27H40O8/c1-6-18(15-28)10-17(2)23-13-21(29)14-24(31)27(3,4)20-9-7-8-19(11-20)12-22(30)25(26(32)35-23)34-16-33-5/h7-11,18,22-25,28,30-31H,6,12-16H2,1-5H3/b17-10-/t18-,22-,23+,24+,25+/m1/s1. The largest absolute Gasteiger partial charge is 0.455 e. The van der Waals surface area contributed by atoms with E-state index >= 15 is 0 Å². The highest BCUT2D eigenvalue weighted by Gasteiger charge is 2.36. The summed E-state index contributed by atoms with van der Waals surface area (Å²) in [7, 11) is 1.41. The molecule has 8 nitrogen and oxygen atoms in total. The zero-order valence-corrected chi connectivity index (χ0v) is 21.4. The maximum Gasteiger partial charge on any atom is 0.338 e. The zero-order chi connectivity index (χ0) is 26.2. The van der Waals surface area contributed by atoms with Gasteiger partial charge in [0, 0.05) is 44.3 Å². The summed E-state index contributed by atoms with van der Waals surface area (Å²) < 4.78 is 16.1. The van der Waals surface area contributed by atoms with Crippen LogP contribution in [0, 0.1) is 5.92 Å². The number of Topliss-reactive ketones (excluding diaryl/α,β-unsaturated/α-hetero) is 1. The number of fused-ring (bicyclic) bond motifs is 2. The van der Waals surface area contributed by atoms with Gasteiger partial charge >= 0.3 is 5.97 Å². The summed E-state index contributed by atoms with van der Waals surface area (Å²) in [6, 6.07) is 7.37. The van der Waals surface area contributed by atoms with Crippen LogP contribution in [0.2, 0.25) is 0 Å². The maximum atomic E-state index is 13.1. The second kappa shape index (κ2) is 13.3. The van der Waals surface area contributed by atoms with E-state index in [1.165, 1.54) is 7.11 Å². The third-order valence-corrected chi connectivity index (χ3v) is 6.75. The van der Waals surface area contributed by atoms with Crippen LogP contribution < -0.4 is 0 Å². The van der Waals surface area contributed by atoms with Crippen LogP contribution in [0.15, 0.2) is 35.9 Å². The number of aliphatic hydroxyl groups is 3. The van der Waals surface area contributed by atoms with Crippen molar-refractivity contribution >= 4 is 11.8 Å². The molecule has 1 heterocycles. The lowest BCUT2D eigenvalue weighted by atomic mass is 9.76. The minimum Gasteiger partial charge on any atom is -0.455 e. The van der Waals surface area contributed by atoms with Gasteiger partial charge < -0.3 is 29.5 Å².